The van der Waals surface area contributed by atoms with Crippen LogP contribution < -0.4 is 10.3 Å². The third kappa shape index (κ3) is 4.95. The summed E-state index contributed by atoms with van der Waals surface area (Å²) in [4.78, 5) is 30.3. The lowest BCUT2D eigenvalue weighted by Crippen LogP contribution is -2.23. The Kier molecular flexibility index (Phi) is 7.08. The Morgan fingerprint density at radius 1 is 1.14 bits per heavy atom. The topological polar surface area (TPSA) is 82.8 Å². The maximum Gasteiger partial charge on any atom is 0.278 e. The van der Waals surface area contributed by atoms with Crippen LogP contribution in [0.4, 0.5) is 8.78 Å². The molecule has 4 heterocycles. The fourth-order valence-electron chi connectivity index (χ4n) is 3.40. The highest BCUT2D eigenvalue weighted by molar-refractivity contribution is 6.31. The molecule has 0 fully saturated rings. The monoisotopic (exact) mass is 507 g/mol. The lowest BCUT2D eigenvalue weighted by atomic mass is 10.1. The molecule has 0 saturated heterocycles. The number of terminal acetylenes is 1. The molecule has 36 heavy (non-hydrogen) atoms. The number of halogens is 3. The zero-order valence-electron chi connectivity index (χ0n) is 19.6. The molecule has 0 saturated carbocycles. The van der Waals surface area contributed by atoms with Crippen molar-refractivity contribution < 1.29 is 13.5 Å². The summed E-state index contributed by atoms with van der Waals surface area (Å²) in [5.41, 5.74) is 1.59. The van der Waals surface area contributed by atoms with Gasteiger partial charge in [0.05, 0.1) is 23.3 Å². The van der Waals surface area contributed by atoms with E-state index in [0.717, 1.165) is 6.20 Å². The SMILES string of the molecule is C#Cc1cc(OCc2ncc(F)cc2F)c(Cl)c(=O)n1-c1cc(-c2ccnc(C(C)C)n2)ncc1C. The molecule has 0 aliphatic rings. The van der Waals surface area contributed by atoms with Crippen molar-refractivity contribution in [1.82, 2.24) is 24.5 Å². The lowest BCUT2D eigenvalue weighted by Gasteiger charge is -2.16. The first-order chi connectivity index (χ1) is 17.2. The Hall–Kier alpha value is -4.16. The first-order valence-electron chi connectivity index (χ1n) is 10.8. The highest BCUT2D eigenvalue weighted by Gasteiger charge is 2.19. The molecule has 7 nitrogen and oxygen atoms in total. The van der Waals surface area contributed by atoms with E-state index in [1.807, 2.05) is 13.8 Å². The van der Waals surface area contributed by atoms with Gasteiger partial charge < -0.3 is 4.74 Å². The van der Waals surface area contributed by atoms with Crippen LogP contribution in [0.2, 0.25) is 5.02 Å². The summed E-state index contributed by atoms with van der Waals surface area (Å²) in [6.45, 7) is 5.36. The summed E-state index contributed by atoms with van der Waals surface area (Å²) in [5, 5.41) is -0.265. The molecule has 0 atom stereocenters. The van der Waals surface area contributed by atoms with Gasteiger partial charge in [-0.15, -0.1) is 6.42 Å². The molecule has 4 aromatic rings. The fraction of sp³-hybridized carbons (Fsp3) is 0.192. The predicted octanol–water partition coefficient (Wildman–Crippen LogP) is 5.01. The first kappa shape index (κ1) is 24.9. The van der Waals surface area contributed by atoms with E-state index in [0.29, 0.717) is 34.5 Å². The number of aryl methyl sites for hydroxylation is 1. The van der Waals surface area contributed by atoms with Crippen molar-refractivity contribution in [3.63, 3.8) is 0 Å². The van der Waals surface area contributed by atoms with Crippen LogP contribution in [0.3, 0.4) is 0 Å². The summed E-state index contributed by atoms with van der Waals surface area (Å²) in [6.07, 6.45) is 9.84. The number of hydrogen-bond acceptors (Lipinski definition) is 6. The second-order valence-corrected chi connectivity index (χ2v) is 8.55. The smallest absolute Gasteiger partial charge is 0.278 e. The van der Waals surface area contributed by atoms with Crippen LogP contribution in [0, 0.1) is 30.9 Å². The van der Waals surface area contributed by atoms with Gasteiger partial charge in [-0.3, -0.25) is 19.3 Å². The molecule has 4 rings (SSSR count). The van der Waals surface area contributed by atoms with Crippen molar-refractivity contribution in [2.75, 3.05) is 0 Å². The molecule has 0 aliphatic heterocycles. The minimum Gasteiger partial charge on any atom is -0.485 e. The van der Waals surface area contributed by atoms with Gasteiger partial charge in [0.25, 0.3) is 5.56 Å². The molecule has 0 amide bonds. The molecule has 0 radical (unpaired) electrons. The third-order valence-electron chi connectivity index (χ3n) is 5.28. The normalized spacial score (nSPS) is 10.9. The Morgan fingerprint density at radius 2 is 1.92 bits per heavy atom. The molecule has 0 N–H and O–H groups in total. The van der Waals surface area contributed by atoms with E-state index in [-0.39, 0.29) is 34.7 Å². The highest BCUT2D eigenvalue weighted by Crippen LogP contribution is 2.27. The van der Waals surface area contributed by atoms with E-state index >= 15 is 0 Å². The average molecular weight is 508 g/mol. The number of pyridine rings is 3. The number of nitrogens with zero attached hydrogens (tertiary/aromatic N) is 5. The second kappa shape index (κ2) is 10.2. The van der Waals surface area contributed by atoms with Gasteiger partial charge in [0.15, 0.2) is 5.82 Å². The Morgan fingerprint density at radius 3 is 2.61 bits per heavy atom. The fourth-order valence-corrected chi connectivity index (χ4v) is 3.59. The van der Waals surface area contributed by atoms with Gasteiger partial charge in [-0.05, 0) is 24.6 Å². The van der Waals surface area contributed by atoms with Crippen LogP contribution in [0.25, 0.3) is 17.1 Å². The summed E-state index contributed by atoms with van der Waals surface area (Å²) < 4.78 is 33.8. The molecule has 0 unspecified atom stereocenters. The zero-order chi connectivity index (χ0) is 26.0. The van der Waals surface area contributed by atoms with Gasteiger partial charge in [0.1, 0.15) is 40.4 Å². The maximum atomic E-state index is 13.9. The van der Waals surface area contributed by atoms with Crippen molar-refractivity contribution in [3.05, 3.63) is 92.6 Å². The van der Waals surface area contributed by atoms with E-state index in [4.69, 9.17) is 22.8 Å². The van der Waals surface area contributed by atoms with Crippen LogP contribution in [-0.2, 0) is 6.61 Å². The van der Waals surface area contributed by atoms with Gasteiger partial charge in [-0.1, -0.05) is 31.4 Å². The van der Waals surface area contributed by atoms with Gasteiger partial charge in [-0.25, -0.2) is 18.7 Å². The van der Waals surface area contributed by atoms with Crippen molar-refractivity contribution in [1.29, 1.82) is 0 Å². The van der Waals surface area contributed by atoms with Crippen LogP contribution >= 0.6 is 11.6 Å². The first-order valence-corrected chi connectivity index (χ1v) is 11.2. The standard InChI is InChI=1S/C26H20ClF2N5O2/c1-5-17-9-23(36-13-21-18(29)8-16(28)12-32-21)24(27)26(35)34(17)22-10-20(31-11-15(22)4)19-6-7-30-25(33-19)14(2)3/h1,6-12,14H,13H2,2-4H3. The van der Waals surface area contributed by atoms with Gasteiger partial charge in [0, 0.05) is 30.4 Å². The molecule has 0 bridgehead atoms. The van der Waals surface area contributed by atoms with Crippen LogP contribution in [-0.4, -0.2) is 24.5 Å². The predicted molar refractivity (Wildman–Crippen MR) is 131 cm³/mol. The van der Waals surface area contributed by atoms with Gasteiger partial charge in [-0.2, -0.15) is 0 Å². The van der Waals surface area contributed by atoms with Crippen molar-refractivity contribution in [2.45, 2.75) is 33.3 Å². The summed E-state index contributed by atoms with van der Waals surface area (Å²) in [5.74, 6) is 1.49. The van der Waals surface area contributed by atoms with Gasteiger partial charge in [0.2, 0.25) is 0 Å². The molecular formula is C26H20ClF2N5O2. The molecule has 0 spiro atoms. The van der Waals surface area contributed by atoms with Crippen molar-refractivity contribution in [3.8, 4) is 35.2 Å². The number of hydrogen-bond donors (Lipinski definition) is 0. The van der Waals surface area contributed by atoms with E-state index in [1.165, 1.54) is 10.6 Å². The number of rotatable bonds is 6. The minimum atomic E-state index is -0.887. The van der Waals surface area contributed by atoms with Crippen molar-refractivity contribution in [2.24, 2.45) is 0 Å². The Bertz CT molecular complexity index is 1560. The molecule has 4 aromatic heterocycles. The van der Waals surface area contributed by atoms with E-state index < -0.39 is 17.2 Å². The summed E-state index contributed by atoms with van der Waals surface area (Å²) >= 11 is 6.34. The third-order valence-corrected chi connectivity index (χ3v) is 5.63. The zero-order valence-corrected chi connectivity index (χ0v) is 20.3. The molecule has 0 aromatic carbocycles. The molecule has 10 heteroatoms. The second-order valence-electron chi connectivity index (χ2n) is 8.17. The average Bonchev–Trinajstić information content (AvgIpc) is 2.86. The molecule has 0 aliphatic carbocycles. The molecular weight excluding hydrogens is 488 g/mol. The van der Waals surface area contributed by atoms with Gasteiger partial charge >= 0.3 is 0 Å². The molecule has 182 valence electrons. The van der Waals surface area contributed by atoms with E-state index in [2.05, 4.69) is 25.9 Å². The van der Waals surface area contributed by atoms with Crippen molar-refractivity contribution >= 4 is 11.6 Å². The number of ether oxygens (including phenoxy) is 1. The van der Waals surface area contributed by atoms with E-state index in [9.17, 15) is 13.6 Å². The minimum absolute atomic E-state index is 0.0549. The van der Waals surface area contributed by atoms with Crippen LogP contribution in [0.15, 0.2) is 47.7 Å². The van der Waals surface area contributed by atoms with Crippen LogP contribution in [0.5, 0.6) is 5.75 Å². The largest absolute Gasteiger partial charge is 0.485 e. The number of aromatic nitrogens is 5. The lowest BCUT2D eigenvalue weighted by molar-refractivity contribution is 0.292. The quantitative estimate of drug-likeness (QED) is 0.341. The maximum absolute atomic E-state index is 13.9. The Labute approximate surface area is 210 Å². The summed E-state index contributed by atoms with van der Waals surface area (Å²) in [7, 11) is 0. The summed E-state index contributed by atoms with van der Waals surface area (Å²) in [6, 6.07) is 5.50. The van der Waals surface area contributed by atoms with Crippen LogP contribution in [0.1, 0.15) is 42.5 Å². The highest BCUT2D eigenvalue weighted by atomic mass is 35.5. The van der Waals surface area contributed by atoms with E-state index in [1.54, 1.807) is 31.5 Å². The Balaban J connectivity index is 1.76.